The summed E-state index contributed by atoms with van der Waals surface area (Å²) in [6.07, 6.45) is 31.2. The van der Waals surface area contributed by atoms with Gasteiger partial charge in [0.1, 0.15) is 36.6 Å². The number of hydrogen-bond acceptors (Lipinski definition) is 10. The SMILES string of the molecule is CCCCCCCC/C=C\CCCCC(O)C(=O)NC(COC1OC(CO)C(O)C(O)C1O)C(O)C(O)CCCCCCCCCCCCCCCCCCCCCCC. The summed E-state index contributed by atoms with van der Waals surface area (Å²) in [6, 6.07) is -1.17. The number of allylic oxidation sites excluding steroid dienone is 2. The highest BCUT2D eigenvalue weighted by atomic mass is 16.7. The third kappa shape index (κ3) is 28.5. The number of carbonyl (C=O) groups is 1. The highest BCUT2D eigenvalue weighted by Crippen LogP contribution is 2.23. The molecule has 1 amide bonds. The van der Waals surface area contributed by atoms with Crippen LogP contribution >= 0.6 is 0 Å². The number of aliphatic hydroxyl groups is 7. The summed E-state index contributed by atoms with van der Waals surface area (Å²) in [5.74, 6) is -0.712. The van der Waals surface area contributed by atoms with Gasteiger partial charge in [-0.2, -0.15) is 0 Å². The Morgan fingerprint density at radius 1 is 0.567 bits per heavy atom. The summed E-state index contributed by atoms with van der Waals surface area (Å²) in [5.41, 5.74) is 0. The number of amides is 1. The molecule has 0 aromatic carbocycles. The Morgan fingerprint density at radius 3 is 1.42 bits per heavy atom. The van der Waals surface area contributed by atoms with Gasteiger partial charge in [-0.25, -0.2) is 0 Å². The number of carbonyl (C=O) groups excluding carboxylic acids is 1. The molecule has 60 heavy (non-hydrogen) atoms. The second kappa shape index (κ2) is 39.4. The van der Waals surface area contributed by atoms with Gasteiger partial charge in [0.15, 0.2) is 6.29 Å². The molecule has 0 aliphatic carbocycles. The monoisotopic (exact) mass is 858 g/mol. The molecule has 0 bridgehead atoms. The average molecular weight is 858 g/mol. The molecule has 1 aliphatic rings. The molecule has 11 heteroatoms. The first kappa shape index (κ1) is 56.9. The molecule has 1 heterocycles. The summed E-state index contributed by atoms with van der Waals surface area (Å²) < 4.78 is 11.1. The fourth-order valence-electron chi connectivity index (χ4n) is 8.14. The quantitative estimate of drug-likeness (QED) is 0.0218. The van der Waals surface area contributed by atoms with Crippen molar-refractivity contribution in [3.8, 4) is 0 Å². The minimum atomic E-state index is -1.66. The van der Waals surface area contributed by atoms with Crippen molar-refractivity contribution in [2.45, 2.75) is 281 Å². The van der Waals surface area contributed by atoms with Gasteiger partial charge in [0.2, 0.25) is 5.91 Å². The minimum Gasteiger partial charge on any atom is -0.394 e. The molecule has 1 aliphatic heterocycles. The molecule has 0 aromatic rings. The maximum absolute atomic E-state index is 13.1. The largest absolute Gasteiger partial charge is 0.394 e. The minimum absolute atomic E-state index is 0.232. The van der Waals surface area contributed by atoms with Crippen LogP contribution in [0, 0.1) is 0 Å². The molecular weight excluding hydrogens is 763 g/mol. The van der Waals surface area contributed by atoms with E-state index in [-0.39, 0.29) is 6.42 Å². The van der Waals surface area contributed by atoms with Gasteiger partial charge >= 0.3 is 0 Å². The molecule has 0 saturated carbocycles. The van der Waals surface area contributed by atoms with Crippen LogP contribution in [0.3, 0.4) is 0 Å². The summed E-state index contributed by atoms with van der Waals surface area (Å²) in [7, 11) is 0. The molecule has 1 fully saturated rings. The lowest BCUT2D eigenvalue weighted by molar-refractivity contribution is -0.303. The number of rotatable bonds is 42. The topological polar surface area (TPSA) is 189 Å². The first-order valence-electron chi connectivity index (χ1n) is 25.1. The van der Waals surface area contributed by atoms with Crippen LogP contribution < -0.4 is 5.32 Å². The first-order valence-corrected chi connectivity index (χ1v) is 25.1. The first-order chi connectivity index (χ1) is 29.2. The van der Waals surface area contributed by atoms with E-state index in [4.69, 9.17) is 9.47 Å². The third-order valence-corrected chi connectivity index (χ3v) is 12.3. The summed E-state index contributed by atoms with van der Waals surface area (Å²) >= 11 is 0. The van der Waals surface area contributed by atoms with Gasteiger partial charge in [0.25, 0.3) is 0 Å². The molecule has 0 spiro atoms. The predicted octanol–water partition coefficient (Wildman–Crippen LogP) is 8.84. The predicted molar refractivity (Wildman–Crippen MR) is 243 cm³/mol. The molecule has 1 saturated heterocycles. The van der Waals surface area contributed by atoms with Crippen molar-refractivity contribution >= 4 is 5.91 Å². The highest BCUT2D eigenvalue weighted by molar-refractivity contribution is 5.80. The number of ether oxygens (including phenoxy) is 2. The van der Waals surface area contributed by atoms with Gasteiger partial charge in [-0.3, -0.25) is 4.79 Å². The van der Waals surface area contributed by atoms with Gasteiger partial charge in [-0.05, 0) is 38.5 Å². The fraction of sp³-hybridized carbons (Fsp3) is 0.939. The fourth-order valence-corrected chi connectivity index (χ4v) is 8.14. The Bertz CT molecular complexity index is 986. The van der Waals surface area contributed by atoms with Crippen LogP contribution in [-0.4, -0.2) is 110 Å². The van der Waals surface area contributed by atoms with Crippen molar-refractivity contribution in [3.05, 3.63) is 12.2 Å². The lowest BCUT2D eigenvalue weighted by atomic mass is 9.98. The zero-order valence-corrected chi connectivity index (χ0v) is 38.5. The Balaban J connectivity index is 2.38. The maximum Gasteiger partial charge on any atom is 0.249 e. The number of hydrogen-bond donors (Lipinski definition) is 8. The Hall–Kier alpha value is -1.15. The second-order valence-corrected chi connectivity index (χ2v) is 17.9. The summed E-state index contributed by atoms with van der Waals surface area (Å²) in [6.45, 7) is 3.43. The van der Waals surface area contributed by atoms with Gasteiger partial charge < -0.3 is 50.5 Å². The van der Waals surface area contributed by atoms with E-state index in [0.29, 0.717) is 19.3 Å². The number of nitrogens with one attached hydrogen (secondary N) is 1. The van der Waals surface area contributed by atoms with Crippen molar-refractivity contribution in [1.82, 2.24) is 5.32 Å². The zero-order valence-electron chi connectivity index (χ0n) is 38.5. The molecule has 1 rings (SSSR count). The molecule has 0 aromatic heterocycles. The molecule has 9 atom stereocenters. The van der Waals surface area contributed by atoms with Gasteiger partial charge in [-0.15, -0.1) is 0 Å². The van der Waals surface area contributed by atoms with Gasteiger partial charge in [-0.1, -0.05) is 199 Å². The van der Waals surface area contributed by atoms with E-state index in [2.05, 4.69) is 31.3 Å². The van der Waals surface area contributed by atoms with Crippen molar-refractivity contribution in [3.63, 3.8) is 0 Å². The van der Waals surface area contributed by atoms with Crippen molar-refractivity contribution in [1.29, 1.82) is 0 Å². The van der Waals surface area contributed by atoms with Gasteiger partial charge in [0.05, 0.1) is 25.4 Å². The molecule has 9 unspecified atom stereocenters. The van der Waals surface area contributed by atoms with E-state index < -0.39 is 74.2 Å². The molecule has 0 radical (unpaired) electrons. The standard InChI is InChI=1S/C49H95NO10/c1-3-5-7-9-11-13-15-17-18-19-20-21-22-23-24-25-27-28-30-32-34-36-41(52)44(54)40(39-59-49-47(57)46(56)45(55)43(38-51)60-49)50-48(58)42(53)37-35-33-31-29-26-16-14-12-10-8-6-4-2/h26,29,40-47,49,51-57H,3-25,27-28,30-39H2,1-2H3,(H,50,58)/b29-26-. The number of aliphatic hydroxyl groups excluding tert-OH is 7. The van der Waals surface area contributed by atoms with E-state index >= 15 is 0 Å². The lowest BCUT2D eigenvalue weighted by Gasteiger charge is -2.40. The number of unbranched alkanes of at least 4 members (excludes halogenated alkanes) is 28. The normalized spacial score (nSPS) is 21.6. The van der Waals surface area contributed by atoms with Crippen LogP contribution in [0.5, 0.6) is 0 Å². The van der Waals surface area contributed by atoms with Crippen molar-refractivity contribution in [2.24, 2.45) is 0 Å². The third-order valence-electron chi connectivity index (χ3n) is 12.3. The highest BCUT2D eigenvalue weighted by Gasteiger charge is 2.44. The second-order valence-electron chi connectivity index (χ2n) is 17.9. The Kier molecular flexibility index (Phi) is 37.4. The Morgan fingerprint density at radius 2 is 0.967 bits per heavy atom. The van der Waals surface area contributed by atoms with E-state index in [9.17, 15) is 40.5 Å². The van der Waals surface area contributed by atoms with E-state index in [0.717, 1.165) is 38.5 Å². The van der Waals surface area contributed by atoms with Crippen LogP contribution in [0.1, 0.15) is 226 Å². The van der Waals surface area contributed by atoms with Crippen molar-refractivity contribution < 1.29 is 50.0 Å². The van der Waals surface area contributed by atoms with Crippen molar-refractivity contribution in [2.75, 3.05) is 13.2 Å². The smallest absolute Gasteiger partial charge is 0.249 e. The summed E-state index contributed by atoms with van der Waals surface area (Å²) in [5, 5.41) is 75.7. The molecule has 11 nitrogen and oxygen atoms in total. The molecule has 8 N–H and O–H groups in total. The van der Waals surface area contributed by atoms with E-state index in [1.807, 2.05) is 0 Å². The van der Waals surface area contributed by atoms with Crippen LogP contribution in [-0.2, 0) is 14.3 Å². The zero-order chi connectivity index (χ0) is 44.1. The summed E-state index contributed by atoms with van der Waals surface area (Å²) in [4.78, 5) is 13.1. The van der Waals surface area contributed by atoms with Crippen LogP contribution in [0.2, 0.25) is 0 Å². The maximum atomic E-state index is 13.1. The van der Waals surface area contributed by atoms with Crippen LogP contribution in [0.4, 0.5) is 0 Å². The molecular formula is C49H95NO10. The lowest BCUT2D eigenvalue weighted by Crippen LogP contribution is -2.60. The Labute approximate surface area is 366 Å². The van der Waals surface area contributed by atoms with Crippen LogP contribution in [0.25, 0.3) is 0 Å². The van der Waals surface area contributed by atoms with Gasteiger partial charge in [0, 0.05) is 0 Å². The van der Waals surface area contributed by atoms with E-state index in [1.54, 1.807) is 0 Å². The van der Waals surface area contributed by atoms with E-state index in [1.165, 1.54) is 148 Å². The van der Waals surface area contributed by atoms with Crippen LogP contribution in [0.15, 0.2) is 12.2 Å². The average Bonchev–Trinajstić information content (AvgIpc) is 3.25. The molecule has 356 valence electrons.